The van der Waals surface area contributed by atoms with Crippen LogP contribution in [0.2, 0.25) is 10.0 Å². The SMILES string of the molecule is O=c1cc[nH]c(-c2ccc(Cl)cc2Cl)c1. The van der Waals surface area contributed by atoms with Gasteiger partial charge in [0.25, 0.3) is 0 Å². The highest BCUT2D eigenvalue weighted by molar-refractivity contribution is 6.36. The molecule has 1 N–H and O–H groups in total. The molecule has 76 valence electrons. The molecule has 15 heavy (non-hydrogen) atoms. The number of benzene rings is 1. The molecule has 2 rings (SSSR count). The van der Waals surface area contributed by atoms with Crippen LogP contribution in [0, 0.1) is 0 Å². The lowest BCUT2D eigenvalue weighted by Crippen LogP contribution is -1.98. The number of halogens is 2. The molecule has 0 aliphatic carbocycles. The molecule has 0 atom stereocenters. The standard InChI is InChI=1S/C11H7Cl2NO/c12-7-1-2-9(10(13)5-7)11-6-8(15)3-4-14-11/h1-6H,(H,14,15). The van der Waals surface area contributed by atoms with Crippen molar-refractivity contribution in [2.75, 3.05) is 0 Å². The van der Waals surface area contributed by atoms with E-state index in [0.29, 0.717) is 15.7 Å². The van der Waals surface area contributed by atoms with Crippen LogP contribution in [0.4, 0.5) is 0 Å². The van der Waals surface area contributed by atoms with Gasteiger partial charge in [-0.05, 0) is 18.2 Å². The van der Waals surface area contributed by atoms with Crippen LogP contribution in [-0.4, -0.2) is 4.98 Å². The van der Waals surface area contributed by atoms with Gasteiger partial charge in [0.2, 0.25) is 0 Å². The molecular weight excluding hydrogens is 233 g/mol. The minimum atomic E-state index is -0.0604. The average Bonchev–Trinajstić information content (AvgIpc) is 2.17. The summed E-state index contributed by atoms with van der Waals surface area (Å²) in [5.41, 5.74) is 1.39. The fraction of sp³-hybridized carbons (Fsp3) is 0. The minimum absolute atomic E-state index is 0.0604. The number of aromatic amines is 1. The fourth-order valence-electron chi connectivity index (χ4n) is 1.31. The Morgan fingerprint density at radius 1 is 1.07 bits per heavy atom. The first-order valence-electron chi connectivity index (χ1n) is 4.31. The van der Waals surface area contributed by atoms with Gasteiger partial charge in [-0.25, -0.2) is 0 Å². The highest BCUT2D eigenvalue weighted by Gasteiger charge is 2.04. The van der Waals surface area contributed by atoms with Gasteiger partial charge in [0.05, 0.1) is 10.7 Å². The van der Waals surface area contributed by atoms with Crippen LogP contribution >= 0.6 is 23.2 Å². The molecule has 0 fully saturated rings. The Bertz CT molecular complexity index is 548. The van der Waals surface area contributed by atoms with E-state index in [2.05, 4.69) is 4.98 Å². The van der Waals surface area contributed by atoms with E-state index in [1.54, 1.807) is 24.4 Å². The summed E-state index contributed by atoms with van der Waals surface area (Å²) in [6, 6.07) is 8.09. The van der Waals surface area contributed by atoms with Gasteiger partial charge in [0, 0.05) is 28.9 Å². The summed E-state index contributed by atoms with van der Waals surface area (Å²) in [5.74, 6) is 0. The molecule has 1 aromatic heterocycles. The number of hydrogen-bond acceptors (Lipinski definition) is 1. The Balaban J connectivity index is 2.59. The Kier molecular flexibility index (Phi) is 2.80. The van der Waals surface area contributed by atoms with Crippen LogP contribution < -0.4 is 5.43 Å². The Morgan fingerprint density at radius 2 is 1.87 bits per heavy atom. The minimum Gasteiger partial charge on any atom is -0.361 e. The smallest absolute Gasteiger partial charge is 0.182 e. The van der Waals surface area contributed by atoms with Crippen LogP contribution in [0.3, 0.4) is 0 Å². The molecule has 4 heteroatoms. The molecule has 0 spiro atoms. The molecule has 0 amide bonds. The van der Waals surface area contributed by atoms with Gasteiger partial charge in [-0.1, -0.05) is 23.2 Å². The first kappa shape index (κ1) is 10.3. The van der Waals surface area contributed by atoms with Crippen molar-refractivity contribution in [2.24, 2.45) is 0 Å². The number of rotatable bonds is 1. The molecule has 0 aliphatic heterocycles. The Labute approximate surface area is 96.5 Å². The third-order valence-corrected chi connectivity index (χ3v) is 2.54. The fourth-order valence-corrected chi connectivity index (χ4v) is 1.82. The lowest BCUT2D eigenvalue weighted by molar-refractivity contribution is 1.30. The summed E-state index contributed by atoms with van der Waals surface area (Å²) >= 11 is 11.8. The summed E-state index contributed by atoms with van der Waals surface area (Å²) < 4.78 is 0. The number of pyridine rings is 1. The molecular formula is C11H7Cl2NO. The maximum absolute atomic E-state index is 11.2. The summed E-state index contributed by atoms with van der Waals surface area (Å²) in [4.78, 5) is 14.1. The molecule has 0 radical (unpaired) electrons. The highest BCUT2D eigenvalue weighted by atomic mass is 35.5. The predicted octanol–water partition coefficient (Wildman–Crippen LogP) is 3.35. The second-order valence-corrected chi connectivity index (χ2v) is 3.91. The molecule has 2 nitrogen and oxygen atoms in total. The van der Waals surface area contributed by atoms with Crippen molar-refractivity contribution >= 4 is 23.2 Å². The maximum Gasteiger partial charge on any atom is 0.182 e. The van der Waals surface area contributed by atoms with Crippen molar-refractivity contribution in [1.82, 2.24) is 4.98 Å². The molecule has 0 aliphatic rings. The number of hydrogen-bond donors (Lipinski definition) is 1. The van der Waals surface area contributed by atoms with Crippen LogP contribution in [0.25, 0.3) is 11.3 Å². The number of H-pyrrole nitrogens is 1. The van der Waals surface area contributed by atoms with Crippen LogP contribution in [0.15, 0.2) is 41.3 Å². The molecule has 2 aromatic rings. The average molecular weight is 240 g/mol. The van der Waals surface area contributed by atoms with Crippen molar-refractivity contribution in [3.05, 3.63) is 56.8 Å². The van der Waals surface area contributed by atoms with Gasteiger partial charge in [-0.2, -0.15) is 0 Å². The van der Waals surface area contributed by atoms with Gasteiger partial charge in [0.1, 0.15) is 0 Å². The monoisotopic (exact) mass is 239 g/mol. The zero-order valence-electron chi connectivity index (χ0n) is 7.63. The Hall–Kier alpha value is -1.25. The van der Waals surface area contributed by atoms with E-state index in [1.165, 1.54) is 12.1 Å². The first-order valence-corrected chi connectivity index (χ1v) is 5.06. The third-order valence-electron chi connectivity index (χ3n) is 1.99. The lowest BCUT2D eigenvalue weighted by Gasteiger charge is -2.03. The van der Waals surface area contributed by atoms with Crippen molar-refractivity contribution in [3.8, 4) is 11.3 Å². The summed E-state index contributed by atoms with van der Waals surface area (Å²) in [6.07, 6.45) is 1.59. The predicted molar refractivity (Wildman–Crippen MR) is 62.5 cm³/mol. The lowest BCUT2D eigenvalue weighted by atomic mass is 10.1. The summed E-state index contributed by atoms with van der Waals surface area (Å²) in [7, 11) is 0. The van der Waals surface area contributed by atoms with E-state index in [1.807, 2.05) is 0 Å². The van der Waals surface area contributed by atoms with E-state index in [9.17, 15) is 4.79 Å². The van der Waals surface area contributed by atoms with Gasteiger partial charge in [0.15, 0.2) is 5.43 Å². The second kappa shape index (κ2) is 4.09. The summed E-state index contributed by atoms with van der Waals surface area (Å²) in [5, 5.41) is 1.09. The summed E-state index contributed by atoms with van der Waals surface area (Å²) in [6.45, 7) is 0. The number of aromatic nitrogens is 1. The first-order chi connectivity index (χ1) is 7.16. The Morgan fingerprint density at radius 3 is 2.53 bits per heavy atom. The molecule has 0 saturated carbocycles. The topological polar surface area (TPSA) is 32.9 Å². The van der Waals surface area contributed by atoms with Crippen molar-refractivity contribution in [3.63, 3.8) is 0 Å². The van der Waals surface area contributed by atoms with Gasteiger partial charge in [-0.3, -0.25) is 4.79 Å². The van der Waals surface area contributed by atoms with E-state index in [4.69, 9.17) is 23.2 Å². The highest BCUT2D eigenvalue weighted by Crippen LogP contribution is 2.28. The van der Waals surface area contributed by atoms with Gasteiger partial charge < -0.3 is 4.98 Å². The molecule has 1 heterocycles. The molecule has 0 saturated heterocycles. The van der Waals surface area contributed by atoms with Gasteiger partial charge >= 0.3 is 0 Å². The third kappa shape index (κ3) is 2.22. The van der Waals surface area contributed by atoms with Crippen LogP contribution in [0.5, 0.6) is 0 Å². The zero-order chi connectivity index (χ0) is 10.8. The molecule has 0 unspecified atom stereocenters. The number of nitrogens with one attached hydrogen (secondary N) is 1. The van der Waals surface area contributed by atoms with E-state index >= 15 is 0 Å². The normalized spacial score (nSPS) is 10.3. The van der Waals surface area contributed by atoms with Crippen molar-refractivity contribution in [1.29, 1.82) is 0 Å². The van der Waals surface area contributed by atoms with Crippen molar-refractivity contribution in [2.45, 2.75) is 0 Å². The van der Waals surface area contributed by atoms with Crippen molar-refractivity contribution < 1.29 is 0 Å². The van der Waals surface area contributed by atoms with Crippen LogP contribution in [-0.2, 0) is 0 Å². The van der Waals surface area contributed by atoms with Gasteiger partial charge in [-0.15, -0.1) is 0 Å². The quantitative estimate of drug-likeness (QED) is 0.814. The molecule has 1 aromatic carbocycles. The van der Waals surface area contributed by atoms with E-state index in [-0.39, 0.29) is 5.43 Å². The second-order valence-electron chi connectivity index (χ2n) is 3.06. The van der Waals surface area contributed by atoms with E-state index < -0.39 is 0 Å². The largest absolute Gasteiger partial charge is 0.361 e. The maximum atomic E-state index is 11.2. The molecule has 0 bridgehead atoms. The van der Waals surface area contributed by atoms with Crippen LogP contribution in [0.1, 0.15) is 0 Å². The van der Waals surface area contributed by atoms with E-state index in [0.717, 1.165) is 5.56 Å². The zero-order valence-corrected chi connectivity index (χ0v) is 9.14.